The summed E-state index contributed by atoms with van der Waals surface area (Å²) in [6.45, 7) is 2.92. The highest BCUT2D eigenvalue weighted by Gasteiger charge is 2.12. The van der Waals surface area contributed by atoms with Crippen molar-refractivity contribution in [1.82, 2.24) is 9.78 Å². The van der Waals surface area contributed by atoms with Gasteiger partial charge in [-0.05, 0) is 6.42 Å². The Balaban J connectivity index is 2.36. The van der Waals surface area contributed by atoms with E-state index in [1.165, 1.54) is 31.7 Å². The lowest BCUT2D eigenvalue weighted by Gasteiger charge is -2.00. The van der Waals surface area contributed by atoms with Gasteiger partial charge in [0.05, 0.1) is 6.20 Å². The Kier molecular flexibility index (Phi) is 5.28. The van der Waals surface area contributed by atoms with E-state index in [0.717, 1.165) is 19.4 Å². The van der Waals surface area contributed by atoms with Gasteiger partial charge in [0.25, 0.3) is 9.05 Å². The van der Waals surface area contributed by atoms with Crippen LogP contribution in [0.15, 0.2) is 17.3 Å². The molecule has 16 heavy (non-hydrogen) atoms. The Labute approximate surface area is 101 Å². The van der Waals surface area contributed by atoms with Gasteiger partial charge in [0, 0.05) is 23.4 Å². The maximum Gasteiger partial charge on any atom is 0.264 e. The van der Waals surface area contributed by atoms with Gasteiger partial charge < -0.3 is 0 Å². The summed E-state index contributed by atoms with van der Waals surface area (Å²) in [5.41, 5.74) is 0. The Bertz CT molecular complexity index is 414. The summed E-state index contributed by atoms with van der Waals surface area (Å²) < 4.78 is 23.6. The van der Waals surface area contributed by atoms with E-state index in [0.29, 0.717) is 0 Å². The van der Waals surface area contributed by atoms with Gasteiger partial charge in [-0.3, -0.25) is 4.68 Å². The van der Waals surface area contributed by atoms with Crippen LogP contribution < -0.4 is 0 Å². The second-order valence-electron chi connectivity index (χ2n) is 3.79. The van der Waals surface area contributed by atoms with Crippen molar-refractivity contribution in [3.8, 4) is 0 Å². The molecule has 0 amide bonds. The van der Waals surface area contributed by atoms with Crippen LogP contribution in [0.1, 0.15) is 39.0 Å². The summed E-state index contributed by atoms with van der Waals surface area (Å²) in [4.78, 5) is 0.0720. The number of halogens is 1. The molecule has 0 N–H and O–H groups in total. The molecule has 0 fully saturated rings. The first kappa shape index (κ1) is 13.5. The predicted octanol–water partition coefficient (Wildman–Crippen LogP) is 2.78. The number of unbranched alkanes of at least 4 members (excludes halogenated alkanes) is 4. The topological polar surface area (TPSA) is 52.0 Å². The minimum absolute atomic E-state index is 0.0720. The fraction of sp³-hybridized carbons (Fsp3) is 0.700. The number of hydrogen-bond acceptors (Lipinski definition) is 3. The van der Waals surface area contributed by atoms with Crippen molar-refractivity contribution in [1.29, 1.82) is 0 Å². The first-order valence-corrected chi connectivity index (χ1v) is 7.82. The van der Waals surface area contributed by atoms with Crippen LogP contribution in [0.3, 0.4) is 0 Å². The number of hydrogen-bond donors (Lipinski definition) is 0. The SMILES string of the molecule is CCCCCCCn1cc(S(=O)(=O)Cl)cn1. The molecule has 1 heterocycles. The zero-order chi connectivity index (χ0) is 12.0. The number of rotatable bonds is 7. The summed E-state index contributed by atoms with van der Waals surface area (Å²) in [7, 11) is 1.56. The molecule has 1 aromatic rings. The largest absolute Gasteiger partial charge is 0.271 e. The van der Waals surface area contributed by atoms with Gasteiger partial charge in [-0.15, -0.1) is 0 Å². The van der Waals surface area contributed by atoms with Crippen molar-refractivity contribution in [3.63, 3.8) is 0 Å². The number of nitrogens with zero attached hydrogens (tertiary/aromatic N) is 2. The molecule has 0 aliphatic heterocycles. The van der Waals surface area contributed by atoms with Crippen LogP contribution in [0.5, 0.6) is 0 Å². The summed E-state index contributed by atoms with van der Waals surface area (Å²) in [6.07, 6.45) is 8.62. The summed E-state index contributed by atoms with van der Waals surface area (Å²) in [5, 5.41) is 3.95. The molecule has 0 unspecified atom stereocenters. The quantitative estimate of drug-likeness (QED) is 0.562. The van der Waals surface area contributed by atoms with Crippen LogP contribution in [0.25, 0.3) is 0 Å². The molecule has 1 rings (SSSR count). The lowest BCUT2D eigenvalue weighted by atomic mass is 10.1. The van der Waals surface area contributed by atoms with Crippen LogP contribution in [-0.2, 0) is 15.6 Å². The highest BCUT2D eigenvalue weighted by Crippen LogP contribution is 2.13. The Hall–Kier alpha value is -0.550. The fourth-order valence-corrected chi connectivity index (χ4v) is 2.13. The van der Waals surface area contributed by atoms with Gasteiger partial charge in [-0.1, -0.05) is 32.6 Å². The second kappa shape index (κ2) is 6.25. The zero-order valence-electron chi connectivity index (χ0n) is 9.39. The average molecular weight is 265 g/mol. The first-order chi connectivity index (χ1) is 7.54. The van der Waals surface area contributed by atoms with E-state index in [1.807, 2.05) is 0 Å². The van der Waals surface area contributed by atoms with Crippen LogP contribution in [-0.4, -0.2) is 18.2 Å². The van der Waals surface area contributed by atoms with Gasteiger partial charge in [-0.25, -0.2) is 8.42 Å². The standard InChI is InChI=1S/C10H17ClN2O2S/c1-2-3-4-5-6-7-13-9-10(8-12-13)16(11,14)15/h8-9H,2-7H2,1H3. The highest BCUT2D eigenvalue weighted by atomic mass is 35.7. The third kappa shape index (κ3) is 4.53. The minimum atomic E-state index is -3.63. The van der Waals surface area contributed by atoms with Crippen molar-refractivity contribution in [2.75, 3.05) is 0 Å². The zero-order valence-corrected chi connectivity index (χ0v) is 11.0. The van der Waals surface area contributed by atoms with E-state index in [-0.39, 0.29) is 4.90 Å². The first-order valence-electron chi connectivity index (χ1n) is 5.51. The summed E-state index contributed by atoms with van der Waals surface area (Å²) in [6, 6.07) is 0. The third-order valence-electron chi connectivity index (χ3n) is 2.38. The van der Waals surface area contributed by atoms with Crippen LogP contribution >= 0.6 is 10.7 Å². The summed E-state index contributed by atoms with van der Waals surface area (Å²) in [5.74, 6) is 0. The van der Waals surface area contributed by atoms with Gasteiger partial charge in [0.1, 0.15) is 4.90 Å². The maximum absolute atomic E-state index is 11.0. The molecule has 0 saturated carbocycles. The average Bonchev–Trinajstić information content (AvgIpc) is 2.65. The molecule has 0 aliphatic rings. The van der Waals surface area contributed by atoms with Gasteiger partial charge in [-0.2, -0.15) is 5.10 Å². The van der Waals surface area contributed by atoms with Gasteiger partial charge in [0.2, 0.25) is 0 Å². The lowest BCUT2D eigenvalue weighted by Crippen LogP contribution is -1.98. The molecular weight excluding hydrogens is 248 g/mol. The highest BCUT2D eigenvalue weighted by molar-refractivity contribution is 8.13. The summed E-state index contributed by atoms with van der Waals surface area (Å²) >= 11 is 0. The maximum atomic E-state index is 11.0. The molecule has 0 aliphatic carbocycles. The van der Waals surface area contributed by atoms with E-state index in [2.05, 4.69) is 12.0 Å². The Morgan fingerprint density at radius 3 is 2.56 bits per heavy atom. The minimum Gasteiger partial charge on any atom is -0.271 e. The molecule has 0 saturated heterocycles. The molecular formula is C10H17ClN2O2S. The third-order valence-corrected chi connectivity index (χ3v) is 3.69. The van der Waals surface area contributed by atoms with Crippen LogP contribution in [0.4, 0.5) is 0 Å². The van der Waals surface area contributed by atoms with Crippen LogP contribution in [0.2, 0.25) is 0 Å². The normalized spacial score (nSPS) is 11.9. The van der Waals surface area contributed by atoms with Crippen molar-refractivity contribution in [2.45, 2.75) is 50.5 Å². The van der Waals surface area contributed by atoms with Crippen molar-refractivity contribution < 1.29 is 8.42 Å². The van der Waals surface area contributed by atoms with E-state index in [1.54, 1.807) is 4.68 Å². The molecule has 1 aromatic heterocycles. The van der Waals surface area contributed by atoms with Crippen molar-refractivity contribution >= 4 is 19.7 Å². The van der Waals surface area contributed by atoms with E-state index in [9.17, 15) is 8.42 Å². The Morgan fingerprint density at radius 2 is 2.00 bits per heavy atom. The smallest absolute Gasteiger partial charge is 0.264 e. The molecule has 92 valence electrons. The number of aromatic nitrogens is 2. The number of aryl methyl sites for hydroxylation is 1. The Morgan fingerprint density at radius 1 is 1.31 bits per heavy atom. The molecule has 0 bridgehead atoms. The molecule has 0 atom stereocenters. The van der Waals surface area contributed by atoms with E-state index in [4.69, 9.17) is 10.7 Å². The van der Waals surface area contributed by atoms with Crippen molar-refractivity contribution in [3.05, 3.63) is 12.4 Å². The van der Waals surface area contributed by atoms with E-state index >= 15 is 0 Å². The van der Waals surface area contributed by atoms with Gasteiger partial charge >= 0.3 is 0 Å². The lowest BCUT2D eigenvalue weighted by molar-refractivity contribution is 0.532. The van der Waals surface area contributed by atoms with Crippen LogP contribution in [0, 0.1) is 0 Å². The molecule has 0 aromatic carbocycles. The molecule has 6 heteroatoms. The molecule has 0 spiro atoms. The van der Waals surface area contributed by atoms with E-state index < -0.39 is 9.05 Å². The van der Waals surface area contributed by atoms with Crippen molar-refractivity contribution in [2.24, 2.45) is 0 Å². The fourth-order valence-electron chi connectivity index (χ4n) is 1.47. The predicted molar refractivity (Wildman–Crippen MR) is 64.0 cm³/mol. The van der Waals surface area contributed by atoms with Gasteiger partial charge in [0.15, 0.2) is 0 Å². The second-order valence-corrected chi connectivity index (χ2v) is 6.36. The monoisotopic (exact) mass is 264 g/mol. The molecule has 0 radical (unpaired) electrons. The molecule has 4 nitrogen and oxygen atoms in total.